The highest BCUT2D eigenvalue weighted by Gasteiger charge is 1.97. The molecule has 0 saturated heterocycles. The molecule has 0 saturated carbocycles. The third kappa shape index (κ3) is 6.34. The molecule has 0 bridgehead atoms. The lowest BCUT2D eigenvalue weighted by Crippen LogP contribution is -2.05. The minimum absolute atomic E-state index is 0.669. The van der Waals surface area contributed by atoms with E-state index < -0.39 is 0 Å². The summed E-state index contributed by atoms with van der Waals surface area (Å²) in [6, 6.07) is 0. The SMILES string of the molecule is CCCCCOCCOC1=CCCC=C1. The van der Waals surface area contributed by atoms with Crippen LogP contribution in [0.2, 0.25) is 0 Å². The number of hydrogen-bond acceptors (Lipinski definition) is 2. The third-order valence-electron chi connectivity index (χ3n) is 2.35. The normalized spacial score (nSPS) is 15.1. The van der Waals surface area contributed by atoms with E-state index in [1.54, 1.807) is 0 Å². The summed E-state index contributed by atoms with van der Waals surface area (Å²) in [5.74, 6) is 0.999. The topological polar surface area (TPSA) is 18.5 Å². The molecule has 86 valence electrons. The van der Waals surface area contributed by atoms with E-state index in [-0.39, 0.29) is 0 Å². The van der Waals surface area contributed by atoms with Gasteiger partial charge in [0.05, 0.1) is 6.61 Å². The fourth-order valence-corrected chi connectivity index (χ4v) is 1.47. The van der Waals surface area contributed by atoms with E-state index in [4.69, 9.17) is 9.47 Å². The van der Waals surface area contributed by atoms with Crippen LogP contribution in [0.3, 0.4) is 0 Å². The molecule has 0 aliphatic heterocycles. The van der Waals surface area contributed by atoms with E-state index >= 15 is 0 Å². The molecule has 0 aromatic rings. The largest absolute Gasteiger partial charge is 0.492 e. The summed E-state index contributed by atoms with van der Waals surface area (Å²) in [7, 11) is 0. The third-order valence-corrected chi connectivity index (χ3v) is 2.35. The first-order chi connectivity index (χ1) is 7.43. The van der Waals surface area contributed by atoms with Gasteiger partial charge in [0.2, 0.25) is 0 Å². The van der Waals surface area contributed by atoms with Gasteiger partial charge < -0.3 is 9.47 Å². The molecule has 0 N–H and O–H groups in total. The van der Waals surface area contributed by atoms with E-state index in [0.29, 0.717) is 13.2 Å². The van der Waals surface area contributed by atoms with Crippen LogP contribution in [0.4, 0.5) is 0 Å². The molecule has 15 heavy (non-hydrogen) atoms. The summed E-state index contributed by atoms with van der Waals surface area (Å²) in [6.07, 6.45) is 12.2. The number of allylic oxidation sites excluding steroid dienone is 3. The first kappa shape index (κ1) is 12.3. The van der Waals surface area contributed by atoms with Crippen molar-refractivity contribution >= 4 is 0 Å². The molecule has 0 unspecified atom stereocenters. The van der Waals surface area contributed by atoms with Crippen molar-refractivity contribution in [1.82, 2.24) is 0 Å². The van der Waals surface area contributed by atoms with Crippen molar-refractivity contribution in [3.63, 3.8) is 0 Å². The molecule has 1 rings (SSSR count). The van der Waals surface area contributed by atoms with Crippen LogP contribution in [0.1, 0.15) is 39.0 Å². The van der Waals surface area contributed by atoms with Gasteiger partial charge in [-0.3, -0.25) is 0 Å². The van der Waals surface area contributed by atoms with Gasteiger partial charge >= 0.3 is 0 Å². The van der Waals surface area contributed by atoms with Crippen molar-refractivity contribution in [2.45, 2.75) is 39.0 Å². The predicted molar refractivity (Wildman–Crippen MR) is 62.8 cm³/mol. The van der Waals surface area contributed by atoms with Crippen molar-refractivity contribution in [3.8, 4) is 0 Å². The van der Waals surface area contributed by atoms with Gasteiger partial charge in [0.1, 0.15) is 12.4 Å². The van der Waals surface area contributed by atoms with Crippen LogP contribution in [-0.4, -0.2) is 19.8 Å². The van der Waals surface area contributed by atoms with Crippen molar-refractivity contribution < 1.29 is 9.47 Å². The van der Waals surface area contributed by atoms with E-state index in [1.165, 1.54) is 19.3 Å². The van der Waals surface area contributed by atoms with Gasteiger partial charge in [0.25, 0.3) is 0 Å². The average molecular weight is 210 g/mol. The molecule has 0 aromatic carbocycles. The molecule has 2 heteroatoms. The van der Waals surface area contributed by atoms with Crippen LogP contribution in [0, 0.1) is 0 Å². The maximum atomic E-state index is 5.54. The van der Waals surface area contributed by atoms with Crippen LogP contribution in [0.15, 0.2) is 24.0 Å². The van der Waals surface area contributed by atoms with Gasteiger partial charge in [0, 0.05) is 6.61 Å². The van der Waals surface area contributed by atoms with Crippen LogP contribution in [0.5, 0.6) is 0 Å². The maximum Gasteiger partial charge on any atom is 0.115 e. The Hall–Kier alpha value is -0.760. The Morgan fingerprint density at radius 3 is 2.80 bits per heavy atom. The first-order valence-electron chi connectivity index (χ1n) is 6.00. The van der Waals surface area contributed by atoms with Crippen LogP contribution < -0.4 is 0 Å². The fourth-order valence-electron chi connectivity index (χ4n) is 1.47. The second-order valence-corrected chi connectivity index (χ2v) is 3.75. The summed E-state index contributed by atoms with van der Waals surface area (Å²) in [4.78, 5) is 0. The second kappa shape index (κ2) is 8.54. The lowest BCUT2D eigenvalue weighted by Gasteiger charge is -2.09. The highest BCUT2D eigenvalue weighted by Crippen LogP contribution is 2.10. The van der Waals surface area contributed by atoms with E-state index in [9.17, 15) is 0 Å². The van der Waals surface area contributed by atoms with Gasteiger partial charge in [-0.05, 0) is 31.4 Å². The van der Waals surface area contributed by atoms with Crippen LogP contribution >= 0.6 is 0 Å². The molecule has 1 aliphatic carbocycles. The second-order valence-electron chi connectivity index (χ2n) is 3.75. The molecule has 0 atom stereocenters. The molecule has 0 amide bonds. The van der Waals surface area contributed by atoms with Crippen LogP contribution in [-0.2, 0) is 9.47 Å². The van der Waals surface area contributed by atoms with Gasteiger partial charge in [-0.1, -0.05) is 25.8 Å². The zero-order valence-electron chi connectivity index (χ0n) is 9.71. The fraction of sp³-hybridized carbons (Fsp3) is 0.692. The molecular formula is C13H22O2. The number of unbranched alkanes of at least 4 members (excludes halogenated alkanes) is 2. The monoisotopic (exact) mass is 210 g/mol. The molecule has 0 heterocycles. The molecule has 1 aliphatic rings. The Morgan fingerprint density at radius 1 is 1.13 bits per heavy atom. The maximum absolute atomic E-state index is 5.54. The minimum atomic E-state index is 0.669. The highest BCUT2D eigenvalue weighted by molar-refractivity contribution is 5.15. The molecule has 0 radical (unpaired) electrons. The Bertz CT molecular complexity index is 207. The molecule has 0 aromatic heterocycles. The summed E-state index contributed by atoms with van der Waals surface area (Å²) in [6.45, 7) is 4.44. The zero-order chi connectivity index (χ0) is 10.8. The standard InChI is InChI=1S/C13H22O2/c1-2-3-7-10-14-11-12-15-13-8-5-4-6-9-13/h5,8-9H,2-4,6-7,10-12H2,1H3. The Balaban J connectivity index is 1.88. The Labute approximate surface area is 93.0 Å². The van der Waals surface area contributed by atoms with E-state index in [0.717, 1.165) is 25.2 Å². The zero-order valence-corrected chi connectivity index (χ0v) is 9.71. The highest BCUT2D eigenvalue weighted by atomic mass is 16.5. The predicted octanol–water partition coefficient (Wildman–Crippen LogP) is 3.44. The molecule has 0 fully saturated rings. The first-order valence-corrected chi connectivity index (χ1v) is 6.00. The quantitative estimate of drug-likeness (QED) is 0.571. The van der Waals surface area contributed by atoms with Crippen LogP contribution in [0.25, 0.3) is 0 Å². The minimum Gasteiger partial charge on any atom is -0.492 e. The number of rotatable bonds is 8. The summed E-state index contributed by atoms with van der Waals surface area (Å²) < 4.78 is 11.0. The van der Waals surface area contributed by atoms with E-state index in [1.807, 2.05) is 6.08 Å². The van der Waals surface area contributed by atoms with E-state index in [2.05, 4.69) is 19.1 Å². The number of ether oxygens (including phenoxy) is 2. The van der Waals surface area contributed by atoms with Crippen molar-refractivity contribution in [3.05, 3.63) is 24.0 Å². The Morgan fingerprint density at radius 2 is 2.07 bits per heavy atom. The number of hydrogen-bond donors (Lipinski definition) is 0. The lowest BCUT2D eigenvalue weighted by atomic mass is 10.2. The smallest absolute Gasteiger partial charge is 0.115 e. The van der Waals surface area contributed by atoms with Crippen molar-refractivity contribution in [2.75, 3.05) is 19.8 Å². The Kier molecular flexibility index (Phi) is 7.01. The molecule has 2 nitrogen and oxygen atoms in total. The summed E-state index contributed by atoms with van der Waals surface area (Å²) >= 11 is 0. The van der Waals surface area contributed by atoms with Gasteiger partial charge in [-0.2, -0.15) is 0 Å². The average Bonchev–Trinajstić information content (AvgIpc) is 2.29. The molecular weight excluding hydrogens is 188 g/mol. The van der Waals surface area contributed by atoms with Gasteiger partial charge in [-0.15, -0.1) is 0 Å². The van der Waals surface area contributed by atoms with Crippen molar-refractivity contribution in [1.29, 1.82) is 0 Å². The lowest BCUT2D eigenvalue weighted by molar-refractivity contribution is 0.0763. The molecule has 0 spiro atoms. The van der Waals surface area contributed by atoms with Gasteiger partial charge in [-0.25, -0.2) is 0 Å². The van der Waals surface area contributed by atoms with Gasteiger partial charge in [0.15, 0.2) is 0 Å². The summed E-state index contributed by atoms with van der Waals surface area (Å²) in [5.41, 5.74) is 0. The van der Waals surface area contributed by atoms with Crippen molar-refractivity contribution in [2.24, 2.45) is 0 Å². The summed E-state index contributed by atoms with van der Waals surface area (Å²) in [5, 5.41) is 0.